The van der Waals surface area contributed by atoms with Gasteiger partial charge in [0, 0.05) is 27.5 Å². The molecule has 0 aliphatic heterocycles. The van der Waals surface area contributed by atoms with Crippen LogP contribution >= 0.6 is 0 Å². The molecule has 5 heteroatoms. The lowest BCUT2D eigenvalue weighted by Gasteiger charge is -2.34. The van der Waals surface area contributed by atoms with Crippen molar-refractivity contribution in [3.8, 4) is 62.1 Å². The average molecular weight is 885 g/mol. The average Bonchev–Trinajstić information content (AvgIpc) is 3.76. The van der Waals surface area contributed by atoms with E-state index in [0.29, 0.717) is 17.5 Å². The highest BCUT2D eigenvalue weighted by Crippen LogP contribution is 2.39. The maximum Gasteiger partial charge on any atom is 0.179 e. The van der Waals surface area contributed by atoms with Gasteiger partial charge in [-0.2, -0.15) is 0 Å². The smallest absolute Gasteiger partial charge is 0.179 e. The second-order valence-corrected chi connectivity index (χ2v) is 21.0. The van der Waals surface area contributed by atoms with Crippen molar-refractivity contribution >= 4 is 50.6 Å². The van der Waals surface area contributed by atoms with Crippen LogP contribution < -0.4 is 20.7 Å². The number of aromatic nitrogens is 4. The summed E-state index contributed by atoms with van der Waals surface area (Å²) in [6, 6.07) is 96.0. The molecule has 10 aromatic carbocycles. The molecular formula is C63H44N4Si. The molecule has 2 heterocycles. The van der Waals surface area contributed by atoms with E-state index in [9.17, 15) is 0 Å². The SMILES string of the molecule is c1ccc(-c2ccc3c4ccccc4n(-c4ccc(-c5cccc([Si](c6ccccc6)(c6ccccc6)c6ccccc6)c5)cc4-c4nc(-c5ccccc5)nc(-c5ccccc5)n4)c3c2)cc1. The predicted molar refractivity (Wildman–Crippen MR) is 285 cm³/mol. The zero-order valence-electron chi connectivity index (χ0n) is 37.2. The fourth-order valence-corrected chi connectivity index (χ4v) is 14.9. The topological polar surface area (TPSA) is 43.6 Å². The molecule has 12 aromatic rings. The second-order valence-electron chi connectivity index (χ2n) is 17.1. The van der Waals surface area contributed by atoms with Crippen LogP contribution in [0.3, 0.4) is 0 Å². The molecule has 0 bridgehead atoms. The van der Waals surface area contributed by atoms with Crippen LogP contribution in [0.2, 0.25) is 0 Å². The molecule has 0 atom stereocenters. The van der Waals surface area contributed by atoms with Crippen molar-refractivity contribution in [1.82, 2.24) is 19.5 Å². The maximum absolute atomic E-state index is 5.38. The molecule has 4 nitrogen and oxygen atoms in total. The van der Waals surface area contributed by atoms with Crippen LogP contribution in [0.25, 0.3) is 83.9 Å². The molecule has 0 fully saturated rings. The van der Waals surface area contributed by atoms with Crippen LogP contribution in [0.4, 0.5) is 0 Å². The molecule has 0 saturated heterocycles. The number of nitrogens with zero attached hydrogens (tertiary/aromatic N) is 4. The van der Waals surface area contributed by atoms with Crippen molar-refractivity contribution in [2.45, 2.75) is 0 Å². The summed E-state index contributed by atoms with van der Waals surface area (Å²) in [6.07, 6.45) is 0. The summed E-state index contributed by atoms with van der Waals surface area (Å²) in [6.45, 7) is 0. The van der Waals surface area contributed by atoms with Gasteiger partial charge < -0.3 is 4.57 Å². The van der Waals surface area contributed by atoms with Gasteiger partial charge in [0.25, 0.3) is 0 Å². The first-order valence-electron chi connectivity index (χ1n) is 23.1. The molecule has 0 saturated carbocycles. The summed E-state index contributed by atoms with van der Waals surface area (Å²) in [5.74, 6) is 1.83. The third kappa shape index (κ3) is 7.23. The fraction of sp³-hybridized carbons (Fsp3) is 0. The van der Waals surface area contributed by atoms with Crippen LogP contribution in [0.1, 0.15) is 0 Å². The van der Waals surface area contributed by atoms with Crippen LogP contribution in [-0.4, -0.2) is 27.6 Å². The van der Waals surface area contributed by atoms with Crippen molar-refractivity contribution in [3.63, 3.8) is 0 Å². The predicted octanol–water partition coefficient (Wildman–Crippen LogP) is 12.7. The number of fused-ring (bicyclic) bond motifs is 3. The standard InChI is InChI=1S/C63H44N4Si/c1-7-22-45(23-8-1)50-38-40-56-55-36-19-20-37-58(55)67(60(56)44-50)59-41-39-49(43-57(59)63-65-61(46-24-9-2-10-25-46)64-62(66-63)47-26-11-3-12-27-47)48-28-21-35-54(42-48)68(51-29-13-4-14-30-51,52-31-15-5-16-32-52)53-33-17-6-18-34-53/h1-44H. The van der Waals surface area contributed by atoms with Crippen molar-refractivity contribution in [2.75, 3.05) is 0 Å². The fourth-order valence-electron chi connectivity index (χ4n) is 10.1. The summed E-state index contributed by atoms with van der Waals surface area (Å²) < 4.78 is 2.40. The lowest BCUT2D eigenvalue weighted by atomic mass is 10.0. The van der Waals surface area contributed by atoms with E-state index in [1.807, 2.05) is 36.4 Å². The van der Waals surface area contributed by atoms with Crippen LogP contribution in [0.5, 0.6) is 0 Å². The molecule has 320 valence electrons. The maximum atomic E-state index is 5.38. The lowest BCUT2D eigenvalue weighted by Crippen LogP contribution is -2.74. The Morgan fingerprint density at radius 2 is 0.676 bits per heavy atom. The van der Waals surface area contributed by atoms with Gasteiger partial charge in [0.2, 0.25) is 0 Å². The Kier molecular flexibility index (Phi) is 10.5. The van der Waals surface area contributed by atoms with Gasteiger partial charge in [-0.1, -0.05) is 243 Å². The van der Waals surface area contributed by atoms with E-state index in [0.717, 1.165) is 50.1 Å². The van der Waals surface area contributed by atoms with Gasteiger partial charge in [0.15, 0.2) is 25.5 Å². The summed E-state index contributed by atoms with van der Waals surface area (Å²) in [5, 5.41) is 7.66. The summed E-state index contributed by atoms with van der Waals surface area (Å²) in [5.41, 5.74) is 10.4. The molecule has 68 heavy (non-hydrogen) atoms. The third-order valence-corrected chi connectivity index (χ3v) is 18.0. The van der Waals surface area contributed by atoms with Gasteiger partial charge in [0.1, 0.15) is 0 Å². The van der Waals surface area contributed by atoms with Crippen molar-refractivity contribution in [1.29, 1.82) is 0 Å². The Morgan fingerprint density at radius 1 is 0.265 bits per heavy atom. The first-order chi connectivity index (χ1) is 33.7. The number of rotatable bonds is 10. The highest BCUT2D eigenvalue weighted by atomic mass is 28.3. The van der Waals surface area contributed by atoms with Crippen molar-refractivity contribution in [2.24, 2.45) is 0 Å². The van der Waals surface area contributed by atoms with Crippen molar-refractivity contribution in [3.05, 3.63) is 267 Å². The van der Waals surface area contributed by atoms with Crippen LogP contribution in [0, 0.1) is 0 Å². The minimum Gasteiger partial charge on any atom is -0.308 e. The Bertz CT molecular complexity index is 3560. The van der Waals surface area contributed by atoms with Gasteiger partial charge in [0.05, 0.1) is 16.7 Å². The minimum absolute atomic E-state index is 0.595. The number of hydrogen-bond acceptors (Lipinski definition) is 3. The Morgan fingerprint density at radius 3 is 1.25 bits per heavy atom. The first kappa shape index (κ1) is 40.7. The van der Waals surface area contributed by atoms with Crippen LogP contribution in [-0.2, 0) is 0 Å². The lowest BCUT2D eigenvalue weighted by molar-refractivity contribution is 1.06. The molecule has 12 rings (SSSR count). The second kappa shape index (κ2) is 17.6. The zero-order chi connectivity index (χ0) is 45.3. The van der Waals surface area contributed by atoms with Gasteiger partial charge >= 0.3 is 0 Å². The highest BCUT2D eigenvalue weighted by Gasteiger charge is 2.41. The van der Waals surface area contributed by atoms with Gasteiger partial charge in [-0.3, -0.25) is 0 Å². The first-order valence-corrected chi connectivity index (χ1v) is 25.1. The summed E-state index contributed by atoms with van der Waals surface area (Å²) in [4.78, 5) is 15.9. The molecular weight excluding hydrogens is 841 g/mol. The Balaban J connectivity index is 1.14. The quantitative estimate of drug-likeness (QED) is 0.102. The van der Waals surface area contributed by atoms with Crippen molar-refractivity contribution < 1.29 is 0 Å². The molecule has 0 aliphatic carbocycles. The molecule has 2 aromatic heterocycles. The van der Waals surface area contributed by atoms with Crippen LogP contribution in [0.15, 0.2) is 267 Å². The monoisotopic (exact) mass is 884 g/mol. The van der Waals surface area contributed by atoms with Gasteiger partial charge in [-0.05, 0) is 67.3 Å². The summed E-state index contributed by atoms with van der Waals surface area (Å²) >= 11 is 0. The minimum atomic E-state index is -2.82. The van der Waals surface area contributed by atoms with E-state index in [4.69, 9.17) is 15.0 Å². The molecule has 0 spiro atoms. The van der Waals surface area contributed by atoms with Gasteiger partial charge in [-0.15, -0.1) is 0 Å². The highest BCUT2D eigenvalue weighted by molar-refractivity contribution is 7.19. The molecule has 0 radical (unpaired) electrons. The van der Waals surface area contributed by atoms with E-state index in [1.54, 1.807) is 0 Å². The normalized spacial score (nSPS) is 11.5. The molecule has 0 N–H and O–H groups in total. The molecule has 0 aliphatic rings. The Hall–Kier alpha value is -8.77. The van der Waals surface area contributed by atoms with E-state index < -0.39 is 8.07 Å². The number of para-hydroxylation sites is 1. The number of hydrogen-bond donors (Lipinski definition) is 0. The largest absolute Gasteiger partial charge is 0.308 e. The van der Waals surface area contributed by atoms with E-state index in [1.165, 1.54) is 37.1 Å². The van der Waals surface area contributed by atoms with E-state index in [2.05, 4.69) is 235 Å². The zero-order valence-corrected chi connectivity index (χ0v) is 38.2. The third-order valence-electron chi connectivity index (χ3n) is 13.2. The molecule has 0 unspecified atom stereocenters. The van der Waals surface area contributed by atoms with E-state index in [-0.39, 0.29) is 0 Å². The Labute approximate surface area is 397 Å². The summed E-state index contributed by atoms with van der Waals surface area (Å²) in [7, 11) is -2.82. The number of benzene rings is 10. The van der Waals surface area contributed by atoms with E-state index >= 15 is 0 Å². The molecule has 0 amide bonds. The van der Waals surface area contributed by atoms with Gasteiger partial charge in [-0.25, -0.2) is 15.0 Å².